The average Bonchev–Trinajstić information content (AvgIpc) is 2.41. The van der Waals surface area contributed by atoms with Gasteiger partial charge in [0.05, 0.1) is 5.56 Å². The number of hydrogen-bond donors (Lipinski definition) is 2. The molecule has 0 aliphatic heterocycles. The molecule has 1 aromatic carbocycles. The lowest BCUT2D eigenvalue weighted by molar-refractivity contribution is 0.0918. The largest absolute Gasteiger partial charge is 0.399 e. The molecule has 0 spiro atoms. The zero-order valence-electron chi connectivity index (χ0n) is 11.3. The Morgan fingerprint density at radius 1 is 1.47 bits per heavy atom. The maximum absolute atomic E-state index is 12.3. The van der Waals surface area contributed by atoms with Gasteiger partial charge in [-0.3, -0.25) is 4.79 Å². The number of hydrogen-bond acceptors (Lipinski definition) is 2. The van der Waals surface area contributed by atoms with Crippen LogP contribution in [0.4, 0.5) is 5.69 Å². The Kier molecular flexibility index (Phi) is 4.86. The molecule has 2 atom stereocenters. The molecule has 1 aromatic rings. The van der Waals surface area contributed by atoms with Crippen molar-refractivity contribution < 1.29 is 4.79 Å². The van der Waals surface area contributed by atoms with E-state index in [0.717, 1.165) is 23.2 Å². The van der Waals surface area contributed by atoms with Crippen LogP contribution in [0.3, 0.4) is 0 Å². The van der Waals surface area contributed by atoms with Gasteiger partial charge in [-0.2, -0.15) is 0 Å². The van der Waals surface area contributed by atoms with Gasteiger partial charge in [0.25, 0.3) is 5.91 Å². The molecule has 1 saturated carbocycles. The lowest BCUT2D eigenvalue weighted by Gasteiger charge is -2.29. The van der Waals surface area contributed by atoms with E-state index in [4.69, 9.17) is 5.73 Å². The van der Waals surface area contributed by atoms with Crippen molar-refractivity contribution >= 4 is 27.5 Å². The van der Waals surface area contributed by atoms with E-state index in [1.807, 2.05) is 6.07 Å². The Bertz CT molecular complexity index is 461. The van der Waals surface area contributed by atoms with Gasteiger partial charge in [-0.25, -0.2) is 0 Å². The minimum Gasteiger partial charge on any atom is -0.399 e. The summed E-state index contributed by atoms with van der Waals surface area (Å²) in [6.07, 6.45) is 5.89. The van der Waals surface area contributed by atoms with Gasteiger partial charge in [-0.05, 0) is 52.9 Å². The van der Waals surface area contributed by atoms with Crippen molar-refractivity contribution in [3.63, 3.8) is 0 Å². The molecular weight excluding hydrogens is 304 g/mol. The van der Waals surface area contributed by atoms with Crippen LogP contribution in [0.1, 0.15) is 49.4 Å². The fourth-order valence-electron chi connectivity index (χ4n) is 2.77. The smallest absolute Gasteiger partial charge is 0.252 e. The second-order valence-electron chi connectivity index (χ2n) is 5.35. The number of benzene rings is 1. The lowest BCUT2D eigenvalue weighted by Crippen LogP contribution is -2.38. The van der Waals surface area contributed by atoms with Crippen LogP contribution in [-0.2, 0) is 0 Å². The first-order valence-corrected chi connectivity index (χ1v) is 7.75. The summed E-state index contributed by atoms with van der Waals surface area (Å²) in [7, 11) is 0. The number of rotatable bonds is 3. The second-order valence-corrected chi connectivity index (χ2v) is 6.20. The van der Waals surface area contributed by atoms with E-state index >= 15 is 0 Å². The van der Waals surface area contributed by atoms with Crippen molar-refractivity contribution in [2.24, 2.45) is 5.92 Å². The summed E-state index contributed by atoms with van der Waals surface area (Å²) in [6, 6.07) is 5.63. The molecule has 1 aliphatic rings. The molecule has 1 aliphatic carbocycles. The highest BCUT2D eigenvalue weighted by molar-refractivity contribution is 9.10. The van der Waals surface area contributed by atoms with Crippen LogP contribution in [0.5, 0.6) is 0 Å². The molecule has 3 nitrogen and oxygen atoms in total. The molecular formula is C15H21BrN2O. The molecule has 0 heterocycles. The topological polar surface area (TPSA) is 55.1 Å². The van der Waals surface area contributed by atoms with Crippen LogP contribution in [0.2, 0.25) is 0 Å². The summed E-state index contributed by atoms with van der Waals surface area (Å²) in [4.78, 5) is 12.3. The zero-order valence-corrected chi connectivity index (χ0v) is 12.9. The molecule has 1 fully saturated rings. The van der Waals surface area contributed by atoms with Gasteiger partial charge < -0.3 is 11.1 Å². The molecule has 0 saturated heterocycles. The Balaban J connectivity index is 2.02. The third-order valence-electron chi connectivity index (χ3n) is 3.93. The van der Waals surface area contributed by atoms with Crippen molar-refractivity contribution in [3.8, 4) is 0 Å². The summed E-state index contributed by atoms with van der Waals surface area (Å²) in [5, 5.41) is 3.14. The minimum atomic E-state index is -0.0269. The van der Waals surface area contributed by atoms with E-state index in [2.05, 4.69) is 28.2 Å². The number of amides is 1. The Morgan fingerprint density at radius 3 is 3.00 bits per heavy atom. The second kappa shape index (κ2) is 6.42. The van der Waals surface area contributed by atoms with E-state index < -0.39 is 0 Å². The number of nitrogens with two attached hydrogens (primary N) is 1. The maximum atomic E-state index is 12.3. The maximum Gasteiger partial charge on any atom is 0.252 e. The first-order valence-electron chi connectivity index (χ1n) is 6.96. The van der Waals surface area contributed by atoms with Gasteiger partial charge >= 0.3 is 0 Å². The van der Waals surface area contributed by atoms with Crippen molar-refractivity contribution in [3.05, 3.63) is 28.2 Å². The van der Waals surface area contributed by atoms with E-state index in [1.165, 1.54) is 19.3 Å². The number of anilines is 1. The number of nitrogens with one attached hydrogen (secondary N) is 1. The van der Waals surface area contributed by atoms with Crippen LogP contribution in [0.15, 0.2) is 22.7 Å². The Morgan fingerprint density at radius 2 is 2.26 bits per heavy atom. The quantitative estimate of drug-likeness (QED) is 0.832. The summed E-state index contributed by atoms with van der Waals surface area (Å²) in [5.74, 6) is 0.726. The fraction of sp³-hybridized carbons (Fsp3) is 0.533. The molecule has 1 amide bonds. The van der Waals surface area contributed by atoms with Gasteiger partial charge in [0.15, 0.2) is 0 Å². The highest BCUT2D eigenvalue weighted by Gasteiger charge is 2.23. The molecule has 0 aromatic heterocycles. The molecule has 3 N–H and O–H groups in total. The normalized spacial score (nSPS) is 23.1. The van der Waals surface area contributed by atoms with E-state index in [1.54, 1.807) is 12.1 Å². The first kappa shape index (κ1) is 14.4. The van der Waals surface area contributed by atoms with Gasteiger partial charge in [-0.1, -0.05) is 26.2 Å². The van der Waals surface area contributed by atoms with Gasteiger partial charge in [-0.15, -0.1) is 0 Å². The molecule has 104 valence electrons. The third kappa shape index (κ3) is 3.72. The Labute approximate surface area is 123 Å². The van der Waals surface area contributed by atoms with E-state index in [9.17, 15) is 4.79 Å². The van der Waals surface area contributed by atoms with Crippen molar-refractivity contribution in [1.29, 1.82) is 0 Å². The standard InChI is InChI=1S/C15H21BrN2O/c1-2-10-4-3-5-12(8-10)18-15(19)13-9-11(17)6-7-14(13)16/h6-7,9-10,12H,2-5,8,17H2,1H3,(H,18,19). The SMILES string of the molecule is CCC1CCCC(NC(=O)c2cc(N)ccc2Br)C1. The van der Waals surface area contributed by atoms with E-state index in [0.29, 0.717) is 17.3 Å². The van der Waals surface area contributed by atoms with Crippen molar-refractivity contribution in [1.82, 2.24) is 5.32 Å². The molecule has 0 radical (unpaired) electrons. The van der Waals surface area contributed by atoms with Crippen molar-refractivity contribution in [2.45, 2.75) is 45.1 Å². The molecule has 0 bridgehead atoms. The zero-order chi connectivity index (χ0) is 13.8. The van der Waals surface area contributed by atoms with Crippen LogP contribution in [-0.4, -0.2) is 11.9 Å². The number of halogens is 1. The predicted octanol–water partition coefficient (Wildman–Crippen LogP) is 3.73. The van der Waals surface area contributed by atoms with Crippen molar-refractivity contribution in [2.75, 3.05) is 5.73 Å². The molecule has 4 heteroatoms. The van der Waals surface area contributed by atoms with Crippen LogP contribution < -0.4 is 11.1 Å². The number of carbonyl (C=O) groups is 1. The van der Waals surface area contributed by atoms with Crippen LogP contribution in [0, 0.1) is 5.92 Å². The first-order chi connectivity index (χ1) is 9.10. The van der Waals surface area contributed by atoms with Gasteiger partial charge in [0.2, 0.25) is 0 Å². The summed E-state index contributed by atoms with van der Waals surface area (Å²) in [6.45, 7) is 2.23. The number of carbonyl (C=O) groups excluding carboxylic acids is 1. The summed E-state index contributed by atoms with van der Waals surface area (Å²) in [5.41, 5.74) is 6.98. The van der Waals surface area contributed by atoms with Crippen LogP contribution >= 0.6 is 15.9 Å². The Hall–Kier alpha value is -1.03. The van der Waals surface area contributed by atoms with Crippen LogP contribution in [0.25, 0.3) is 0 Å². The van der Waals surface area contributed by atoms with Gasteiger partial charge in [0.1, 0.15) is 0 Å². The average molecular weight is 325 g/mol. The summed E-state index contributed by atoms with van der Waals surface area (Å²) >= 11 is 3.41. The molecule has 2 unspecified atom stereocenters. The molecule has 2 rings (SSSR count). The molecule has 19 heavy (non-hydrogen) atoms. The fourth-order valence-corrected chi connectivity index (χ4v) is 3.20. The minimum absolute atomic E-state index is 0.0269. The summed E-state index contributed by atoms with van der Waals surface area (Å²) < 4.78 is 0.794. The number of nitrogen functional groups attached to an aromatic ring is 1. The third-order valence-corrected chi connectivity index (χ3v) is 4.62. The predicted molar refractivity (Wildman–Crippen MR) is 82.1 cm³/mol. The monoisotopic (exact) mass is 324 g/mol. The highest BCUT2D eigenvalue weighted by Crippen LogP contribution is 2.27. The lowest BCUT2D eigenvalue weighted by atomic mass is 9.84. The highest BCUT2D eigenvalue weighted by atomic mass is 79.9. The van der Waals surface area contributed by atoms with E-state index in [-0.39, 0.29) is 5.91 Å². The van der Waals surface area contributed by atoms with Gasteiger partial charge in [0, 0.05) is 16.2 Å².